The number of rotatable bonds is 29. The van der Waals surface area contributed by atoms with Crippen LogP contribution < -0.4 is 0 Å². The molecule has 0 aromatic heterocycles. The number of benzene rings is 1. The number of phosphoric acid groups is 1. The lowest BCUT2D eigenvalue weighted by molar-refractivity contribution is -0.365. The Labute approximate surface area is 306 Å². The standard InChI is InChI=1S/C16H22O4.C14H31O7P.C6H14O3/c1-3-5-11-19-15(17)13-9-7-8-10-14(13)16(18)20-12-6-4-2;1-4-7-10-18-13-14(19-11-8-5-2,20-12-9-6-3)21-22(15,16)17;1-2-8-5-6-9-4-3-7/h7-10H,3-6,11-12H2,1-2H3;4-13H2,1-3H3,(H2,15,16,17);7H,2-6H2,1H3. The van der Waals surface area contributed by atoms with Gasteiger partial charge in [-0.1, -0.05) is 78.9 Å². The molecule has 0 atom stereocenters. The van der Waals surface area contributed by atoms with Crippen molar-refractivity contribution in [3.8, 4) is 0 Å². The second kappa shape index (κ2) is 35.1. The van der Waals surface area contributed by atoms with E-state index in [1.165, 1.54) is 0 Å². The zero-order valence-corrected chi connectivity index (χ0v) is 32.8. The lowest BCUT2D eigenvalue weighted by atomic mass is 10.1. The minimum atomic E-state index is -4.77. The van der Waals surface area contributed by atoms with E-state index in [2.05, 4.69) is 0 Å². The van der Waals surface area contributed by atoms with Crippen molar-refractivity contribution >= 4 is 19.8 Å². The van der Waals surface area contributed by atoms with Crippen molar-refractivity contribution in [2.24, 2.45) is 0 Å². The van der Waals surface area contributed by atoms with E-state index in [9.17, 15) is 14.2 Å². The number of carbonyl (C=O) groups is 2. The third kappa shape index (κ3) is 30.2. The summed E-state index contributed by atoms with van der Waals surface area (Å²) in [5.41, 5.74) is 0.537. The molecule has 51 heavy (non-hydrogen) atoms. The molecule has 0 unspecified atom stereocenters. The van der Waals surface area contributed by atoms with E-state index in [1.54, 1.807) is 24.3 Å². The van der Waals surface area contributed by atoms with Crippen LogP contribution in [0.25, 0.3) is 0 Å². The first kappa shape index (κ1) is 51.1. The average molecular weight is 755 g/mol. The largest absolute Gasteiger partial charge is 0.474 e. The molecule has 0 fully saturated rings. The van der Waals surface area contributed by atoms with Crippen molar-refractivity contribution < 1.29 is 66.7 Å². The van der Waals surface area contributed by atoms with Gasteiger partial charge in [-0.05, 0) is 51.2 Å². The van der Waals surface area contributed by atoms with Gasteiger partial charge in [-0.3, -0.25) is 0 Å². The van der Waals surface area contributed by atoms with Crippen LogP contribution in [0.3, 0.4) is 0 Å². The highest BCUT2D eigenvalue weighted by molar-refractivity contribution is 7.46. The number of aliphatic hydroxyl groups is 1. The molecule has 0 spiro atoms. The van der Waals surface area contributed by atoms with Gasteiger partial charge in [-0.15, -0.1) is 0 Å². The summed E-state index contributed by atoms with van der Waals surface area (Å²) in [6.45, 7) is 16.0. The molecule has 1 aromatic rings. The van der Waals surface area contributed by atoms with Crippen LogP contribution in [0, 0.1) is 0 Å². The lowest BCUT2D eigenvalue weighted by Crippen LogP contribution is -2.44. The molecule has 0 aliphatic carbocycles. The summed E-state index contributed by atoms with van der Waals surface area (Å²) < 4.78 is 52.7. The van der Waals surface area contributed by atoms with Gasteiger partial charge in [-0.2, -0.15) is 0 Å². The molecule has 0 saturated heterocycles. The first-order valence-electron chi connectivity index (χ1n) is 18.3. The van der Waals surface area contributed by atoms with Crippen molar-refractivity contribution in [2.45, 2.75) is 112 Å². The highest BCUT2D eigenvalue weighted by Gasteiger charge is 2.41. The predicted octanol–water partition coefficient (Wildman–Crippen LogP) is 6.83. The predicted molar refractivity (Wildman–Crippen MR) is 195 cm³/mol. The first-order chi connectivity index (χ1) is 24.5. The number of ether oxygens (including phenoxy) is 7. The van der Waals surface area contributed by atoms with Crippen molar-refractivity contribution in [3.63, 3.8) is 0 Å². The number of unbranched alkanes of at least 4 members (excludes halogenated alkanes) is 5. The van der Waals surface area contributed by atoms with Crippen LogP contribution in [0.15, 0.2) is 24.3 Å². The monoisotopic (exact) mass is 754 g/mol. The highest BCUT2D eigenvalue weighted by Crippen LogP contribution is 2.42. The third-order valence-corrected chi connectivity index (χ3v) is 6.98. The summed E-state index contributed by atoms with van der Waals surface area (Å²) in [6, 6.07) is 6.59. The van der Waals surface area contributed by atoms with Gasteiger partial charge in [0.15, 0.2) is 0 Å². The molecule has 0 aliphatic heterocycles. The lowest BCUT2D eigenvalue weighted by Gasteiger charge is -2.32. The maximum absolute atomic E-state index is 11.9. The zero-order valence-electron chi connectivity index (χ0n) is 31.9. The van der Waals surface area contributed by atoms with Gasteiger partial charge in [0.2, 0.25) is 0 Å². The van der Waals surface area contributed by atoms with Gasteiger partial charge in [-0.25, -0.2) is 18.7 Å². The molecule has 300 valence electrons. The Kier molecular flexibility index (Phi) is 35.2. The van der Waals surface area contributed by atoms with Crippen molar-refractivity contribution in [2.75, 3.05) is 72.7 Å². The van der Waals surface area contributed by atoms with Gasteiger partial charge in [0.05, 0.1) is 64.0 Å². The smallest absolute Gasteiger partial charge is 0.462 e. The Balaban J connectivity index is 0. The average Bonchev–Trinajstić information content (AvgIpc) is 3.10. The molecule has 14 nitrogen and oxygen atoms in total. The molecule has 0 bridgehead atoms. The first-order valence-corrected chi connectivity index (χ1v) is 19.9. The van der Waals surface area contributed by atoms with E-state index in [4.69, 9.17) is 52.6 Å². The van der Waals surface area contributed by atoms with E-state index < -0.39 is 25.7 Å². The molecule has 0 heterocycles. The van der Waals surface area contributed by atoms with E-state index in [-0.39, 0.29) is 37.6 Å². The molecule has 15 heteroatoms. The van der Waals surface area contributed by atoms with Crippen LogP contribution in [0.2, 0.25) is 0 Å². The van der Waals surface area contributed by atoms with E-state index in [0.717, 1.165) is 70.8 Å². The number of esters is 2. The summed E-state index contributed by atoms with van der Waals surface area (Å²) in [5.74, 6) is -2.79. The Morgan fingerprint density at radius 2 is 1.04 bits per heavy atom. The van der Waals surface area contributed by atoms with Gasteiger partial charge in [0.1, 0.15) is 6.61 Å². The Hall–Kier alpha value is -1.97. The van der Waals surface area contributed by atoms with Gasteiger partial charge < -0.3 is 48.1 Å². The second-order valence-corrected chi connectivity index (χ2v) is 12.3. The Morgan fingerprint density at radius 1 is 0.608 bits per heavy atom. The Morgan fingerprint density at radius 3 is 1.45 bits per heavy atom. The number of aliphatic hydroxyl groups excluding tert-OH is 1. The molecular formula is C36H67O14P. The van der Waals surface area contributed by atoms with E-state index in [0.29, 0.717) is 39.6 Å². The maximum atomic E-state index is 11.9. The van der Waals surface area contributed by atoms with Crippen molar-refractivity contribution in [1.82, 2.24) is 0 Å². The van der Waals surface area contributed by atoms with Gasteiger partial charge in [0, 0.05) is 13.2 Å². The zero-order chi connectivity index (χ0) is 38.6. The minimum Gasteiger partial charge on any atom is -0.462 e. The number of carbonyl (C=O) groups excluding carboxylic acids is 2. The molecule has 0 aliphatic rings. The SMILES string of the molecule is CCCCOC(=O)c1ccccc1C(=O)OCCCC.CCCCOCC(OCCCC)(OCCCC)OP(=O)(O)O.CCOCCOCCO. The number of phosphoric ester groups is 1. The fourth-order valence-corrected chi connectivity index (χ4v) is 4.14. The molecule has 0 amide bonds. The van der Waals surface area contributed by atoms with E-state index >= 15 is 0 Å². The van der Waals surface area contributed by atoms with Gasteiger partial charge >= 0.3 is 25.7 Å². The fourth-order valence-electron chi connectivity index (χ4n) is 3.61. The summed E-state index contributed by atoms with van der Waals surface area (Å²) in [5, 5.41) is 8.26. The van der Waals surface area contributed by atoms with Crippen molar-refractivity contribution in [3.05, 3.63) is 35.4 Å². The number of hydrogen-bond acceptors (Lipinski definition) is 12. The minimum absolute atomic E-state index is 0.0894. The van der Waals surface area contributed by atoms with Crippen LogP contribution in [0.1, 0.15) is 126 Å². The summed E-state index contributed by atoms with van der Waals surface area (Å²) in [4.78, 5) is 42.2. The second-order valence-electron chi connectivity index (χ2n) is 11.1. The highest BCUT2D eigenvalue weighted by atomic mass is 31.2. The quantitative estimate of drug-likeness (QED) is 0.0334. The van der Waals surface area contributed by atoms with Crippen LogP contribution in [0.5, 0.6) is 0 Å². The van der Waals surface area contributed by atoms with Crippen LogP contribution >= 0.6 is 7.82 Å². The Bertz CT molecular complexity index is 947. The number of hydrogen-bond donors (Lipinski definition) is 3. The molecule has 1 rings (SSSR count). The summed E-state index contributed by atoms with van der Waals surface area (Å²) in [7, 11) is -4.77. The third-order valence-electron chi connectivity index (χ3n) is 6.46. The summed E-state index contributed by atoms with van der Waals surface area (Å²) >= 11 is 0. The summed E-state index contributed by atoms with van der Waals surface area (Å²) in [6.07, 6.45) is 8.58. The van der Waals surface area contributed by atoms with Gasteiger partial charge in [0.25, 0.3) is 0 Å². The fraction of sp³-hybridized carbons (Fsp3) is 0.778. The van der Waals surface area contributed by atoms with E-state index in [1.807, 2.05) is 41.5 Å². The maximum Gasteiger partial charge on any atom is 0.474 e. The van der Waals surface area contributed by atoms with Crippen molar-refractivity contribution in [1.29, 1.82) is 0 Å². The molecular weight excluding hydrogens is 687 g/mol. The normalized spacial score (nSPS) is 11.2. The van der Waals surface area contributed by atoms with Crippen LogP contribution in [-0.2, 0) is 42.2 Å². The molecule has 0 radical (unpaired) electrons. The topological polar surface area (TPSA) is 186 Å². The molecule has 3 N–H and O–H groups in total. The molecule has 1 aromatic carbocycles. The molecule has 0 saturated carbocycles. The van der Waals surface area contributed by atoms with Crippen LogP contribution in [-0.4, -0.2) is 105 Å². The van der Waals surface area contributed by atoms with Crippen LogP contribution in [0.4, 0.5) is 0 Å².